The van der Waals surface area contributed by atoms with Gasteiger partial charge in [-0.15, -0.1) is 0 Å². The fourth-order valence-corrected chi connectivity index (χ4v) is 1.98. The van der Waals surface area contributed by atoms with E-state index in [4.69, 9.17) is 4.84 Å². The summed E-state index contributed by atoms with van der Waals surface area (Å²) in [5.41, 5.74) is 3.04. The van der Waals surface area contributed by atoms with E-state index in [1.165, 1.54) is 64.2 Å². The summed E-state index contributed by atoms with van der Waals surface area (Å²) < 4.78 is 0. The maximum atomic E-state index is 5.33. The molecule has 0 rings (SSSR count). The van der Waals surface area contributed by atoms with Crippen LogP contribution in [0.5, 0.6) is 0 Å². The van der Waals surface area contributed by atoms with Gasteiger partial charge in [0.1, 0.15) is 0 Å². The Morgan fingerprint density at radius 3 is 1.78 bits per heavy atom. The molecule has 0 aliphatic carbocycles. The van der Waals surface area contributed by atoms with E-state index in [-0.39, 0.29) is 0 Å². The highest BCUT2D eigenvalue weighted by Crippen LogP contribution is 2.10. The zero-order chi connectivity index (χ0) is 13.5. The Bertz CT molecular complexity index is 148. The standard InChI is InChI=1S/C16H35NO/c1-4-5-6-7-8-9-10-11-12-13-14-17-18-15-16(2)3/h16-17H,4-15H2,1-3H3. The van der Waals surface area contributed by atoms with Crippen LogP contribution in [0.4, 0.5) is 0 Å². The van der Waals surface area contributed by atoms with Gasteiger partial charge < -0.3 is 4.84 Å². The quantitative estimate of drug-likeness (QED) is 0.346. The summed E-state index contributed by atoms with van der Waals surface area (Å²) in [5, 5.41) is 0. The van der Waals surface area contributed by atoms with Crippen LogP contribution in [0.1, 0.15) is 85.0 Å². The highest BCUT2D eigenvalue weighted by molar-refractivity contribution is 4.48. The van der Waals surface area contributed by atoms with Crippen LogP contribution in [-0.4, -0.2) is 13.2 Å². The van der Waals surface area contributed by atoms with E-state index >= 15 is 0 Å². The normalized spacial score (nSPS) is 11.3. The zero-order valence-corrected chi connectivity index (χ0v) is 13.0. The second kappa shape index (κ2) is 15.0. The molecule has 2 heteroatoms. The molecule has 0 amide bonds. The SMILES string of the molecule is CCCCCCCCCCCCNOCC(C)C. The van der Waals surface area contributed by atoms with Gasteiger partial charge in [0.15, 0.2) is 0 Å². The highest BCUT2D eigenvalue weighted by Gasteiger charge is 1.94. The van der Waals surface area contributed by atoms with E-state index in [0.29, 0.717) is 5.92 Å². The molecule has 2 nitrogen and oxygen atoms in total. The van der Waals surface area contributed by atoms with Crippen molar-refractivity contribution in [3.63, 3.8) is 0 Å². The second-order valence-electron chi connectivity index (χ2n) is 5.78. The number of rotatable bonds is 14. The van der Waals surface area contributed by atoms with Crippen molar-refractivity contribution in [3.8, 4) is 0 Å². The van der Waals surface area contributed by atoms with Gasteiger partial charge >= 0.3 is 0 Å². The molecule has 0 aromatic rings. The van der Waals surface area contributed by atoms with Gasteiger partial charge in [0.05, 0.1) is 6.61 Å². The Kier molecular flexibility index (Phi) is 14.9. The molecule has 0 radical (unpaired) electrons. The molecule has 0 bridgehead atoms. The second-order valence-corrected chi connectivity index (χ2v) is 5.78. The molecule has 0 heterocycles. The van der Waals surface area contributed by atoms with Crippen molar-refractivity contribution in [1.29, 1.82) is 0 Å². The predicted molar refractivity (Wildman–Crippen MR) is 80.6 cm³/mol. The van der Waals surface area contributed by atoms with Gasteiger partial charge in [-0.05, 0) is 12.3 Å². The molecule has 0 aromatic heterocycles. The first-order valence-corrected chi connectivity index (χ1v) is 8.12. The van der Waals surface area contributed by atoms with Crippen molar-refractivity contribution in [2.24, 2.45) is 5.92 Å². The molecule has 0 atom stereocenters. The van der Waals surface area contributed by atoms with E-state index in [1.54, 1.807) is 0 Å². The molecule has 1 N–H and O–H groups in total. The minimum atomic E-state index is 0.616. The number of hydroxylamine groups is 1. The molecular weight excluding hydrogens is 222 g/mol. The summed E-state index contributed by atoms with van der Waals surface area (Å²) in [6, 6.07) is 0. The van der Waals surface area contributed by atoms with Gasteiger partial charge in [-0.1, -0.05) is 78.6 Å². The average Bonchev–Trinajstić information content (AvgIpc) is 2.34. The molecule has 0 fully saturated rings. The van der Waals surface area contributed by atoms with E-state index in [1.807, 2.05) is 0 Å². The third-order valence-electron chi connectivity index (χ3n) is 3.15. The van der Waals surface area contributed by atoms with Gasteiger partial charge in [0, 0.05) is 6.54 Å². The Morgan fingerprint density at radius 2 is 1.28 bits per heavy atom. The molecule has 0 aliphatic rings. The molecule has 0 saturated carbocycles. The first-order valence-electron chi connectivity index (χ1n) is 8.12. The van der Waals surface area contributed by atoms with E-state index in [9.17, 15) is 0 Å². The van der Waals surface area contributed by atoms with Crippen LogP contribution in [0.3, 0.4) is 0 Å². The van der Waals surface area contributed by atoms with Crippen molar-refractivity contribution in [3.05, 3.63) is 0 Å². The molecule has 0 saturated heterocycles. The summed E-state index contributed by atoms with van der Waals surface area (Å²) in [6.45, 7) is 8.43. The highest BCUT2D eigenvalue weighted by atomic mass is 16.6. The molecule has 110 valence electrons. The first-order chi connectivity index (χ1) is 8.77. The van der Waals surface area contributed by atoms with Crippen LogP contribution >= 0.6 is 0 Å². The van der Waals surface area contributed by atoms with Crippen molar-refractivity contribution in [2.75, 3.05) is 13.2 Å². The van der Waals surface area contributed by atoms with Crippen molar-refractivity contribution in [2.45, 2.75) is 85.0 Å². The van der Waals surface area contributed by atoms with Gasteiger partial charge in [-0.2, -0.15) is 0 Å². The van der Waals surface area contributed by atoms with Crippen molar-refractivity contribution >= 4 is 0 Å². The smallest absolute Gasteiger partial charge is 0.0705 e. The Hall–Kier alpha value is -0.0800. The largest absolute Gasteiger partial charge is 0.302 e. The van der Waals surface area contributed by atoms with Crippen molar-refractivity contribution < 1.29 is 4.84 Å². The van der Waals surface area contributed by atoms with Crippen LogP contribution < -0.4 is 5.48 Å². The monoisotopic (exact) mass is 257 g/mol. The Labute approximate surface area is 115 Å². The molecule has 18 heavy (non-hydrogen) atoms. The topological polar surface area (TPSA) is 21.3 Å². The fraction of sp³-hybridized carbons (Fsp3) is 1.00. The lowest BCUT2D eigenvalue weighted by Gasteiger charge is -2.07. The lowest BCUT2D eigenvalue weighted by Crippen LogP contribution is -2.18. The summed E-state index contributed by atoms with van der Waals surface area (Å²) in [4.78, 5) is 5.33. The molecular formula is C16H35NO. The first kappa shape index (κ1) is 17.9. The van der Waals surface area contributed by atoms with Crippen LogP contribution in [0.25, 0.3) is 0 Å². The van der Waals surface area contributed by atoms with E-state index in [0.717, 1.165) is 13.2 Å². The lowest BCUT2D eigenvalue weighted by molar-refractivity contribution is 0.0232. The zero-order valence-electron chi connectivity index (χ0n) is 13.0. The molecule has 0 aliphatic heterocycles. The average molecular weight is 257 g/mol. The number of nitrogens with one attached hydrogen (secondary N) is 1. The van der Waals surface area contributed by atoms with Crippen LogP contribution in [-0.2, 0) is 4.84 Å². The van der Waals surface area contributed by atoms with Crippen LogP contribution in [0.2, 0.25) is 0 Å². The predicted octanol–water partition coefficient (Wildman–Crippen LogP) is 5.08. The van der Waals surface area contributed by atoms with Crippen molar-refractivity contribution in [1.82, 2.24) is 5.48 Å². The summed E-state index contributed by atoms with van der Waals surface area (Å²) in [6.07, 6.45) is 13.9. The van der Waals surface area contributed by atoms with E-state index in [2.05, 4.69) is 26.3 Å². The van der Waals surface area contributed by atoms with Crippen LogP contribution in [0, 0.1) is 5.92 Å². The number of hydrogen-bond acceptors (Lipinski definition) is 2. The maximum absolute atomic E-state index is 5.33. The fourth-order valence-electron chi connectivity index (χ4n) is 1.98. The van der Waals surface area contributed by atoms with Gasteiger partial charge in [-0.3, -0.25) is 0 Å². The summed E-state index contributed by atoms with van der Waals surface area (Å²) in [5.74, 6) is 0.616. The van der Waals surface area contributed by atoms with Gasteiger partial charge in [-0.25, -0.2) is 5.48 Å². The number of hydrogen-bond donors (Lipinski definition) is 1. The molecule has 0 spiro atoms. The Balaban J connectivity index is 2.90. The summed E-state index contributed by atoms with van der Waals surface area (Å²) in [7, 11) is 0. The van der Waals surface area contributed by atoms with Crippen LogP contribution in [0.15, 0.2) is 0 Å². The van der Waals surface area contributed by atoms with Gasteiger partial charge in [0.25, 0.3) is 0 Å². The third-order valence-corrected chi connectivity index (χ3v) is 3.15. The van der Waals surface area contributed by atoms with E-state index < -0.39 is 0 Å². The minimum Gasteiger partial charge on any atom is -0.302 e. The third kappa shape index (κ3) is 15.9. The molecule has 0 aromatic carbocycles. The van der Waals surface area contributed by atoms with Gasteiger partial charge in [0.2, 0.25) is 0 Å². The number of unbranched alkanes of at least 4 members (excludes halogenated alkanes) is 9. The Morgan fingerprint density at radius 1 is 0.778 bits per heavy atom. The summed E-state index contributed by atoms with van der Waals surface area (Å²) >= 11 is 0. The lowest BCUT2D eigenvalue weighted by atomic mass is 10.1. The maximum Gasteiger partial charge on any atom is 0.0705 e. The minimum absolute atomic E-state index is 0.616. The molecule has 0 unspecified atom stereocenters.